The summed E-state index contributed by atoms with van der Waals surface area (Å²) in [5.41, 5.74) is 2.82. The summed E-state index contributed by atoms with van der Waals surface area (Å²) in [6, 6.07) is 20.6. The summed E-state index contributed by atoms with van der Waals surface area (Å²) in [6.07, 6.45) is 0. The van der Waals surface area contributed by atoms with Crippen LogP contribution in [0.15, 0.2) is 86.9 Å². The van der Waals surface area contributed by atoms with Crippen molar-refractivity contribution in [2.45, 2.75) is 4.90 Å². The third kappa shape index (κ3) is 3.70. The van der Waals surface area contributed by atoms with Crippen molar-refractivity contribution < 1.29 is 12.8 Å². The third-order valence-electron chi connectivity index (χ3n) is 5.38. The molecule has 0 atom stereocenters. The van der Waals surface area contributed by atoms with E-state index in [0.29, 0.717) is 34.1 Å². The summed E-state index contributed by atoms with van der Waals surface area (Å²) in [7, 11) is -0.612. The highest BCUT2D eigenvalue weighted by Crippen LogP contribution is 2.26. The smallest absolute Gasteiger partial charge is 0.328 e. The van der Waals surface area contributed by atoms with Gasteiger partial charge in [0.05, 0.1) is 15.9 Å². The Labute approximate surface area is 189 Å². The fourth-order valence-electron chi connectivity index (χ4n) is 3.59. The van der Waals surface area contributed by atoms with Gasteiger partial charge in [-0.25, -0.2) is 13.2 Å². The first-order valence-electron chi connectivity index (χ1n) is 10.0. The molecule has 5 rings (SSSR count). The number of aromatic nitrogens is 4. The minimum Gasteiger partial charge on any atom is -0.416 e. The van der Waals surface area contributed by atoms with E-state index < -0.39 is 10.0 Å². The number of nitrogens with one attached hydrogen (secondary N) is 1. The van der Waals surface area contributed by atoms with Crippen LogP contribution in [0.5, 0.6) is 0 Å². The molecule has 9 nitrogen and oxygen atoms in total. The molecule has 1 N–H and O–H groups in total. The maximum absolute atomic E-state index is 12.9. The van der Waals surface area contributed by atoms with Crippen LogP contribution in [0.1, 0.15) is 0 Å². The number of hydrogen-bond donors (Lipinski definition) is 1. The molecule has 0 fully saturated rings. The summed E-state index contributed by atoms with van der Waals surface area (Å²) >= 11 is 0. The van der Waals surface area contributed by atoms with Gasteiger partial charge >= 0.3 is 5.69 Å². The largest absolute Gasteiger partial charge is 0.416 e. The number of fused-ring (bicyclic) bond motifs is 1. The Morgan fingerprint density at radius 2 is 1.39 bits per heavy atom. The number of imidazole rings is 1. The Kier molecular flexibility index (Phi) is 4.86. The molecule has 2 aromatic heterocycles. The van der Waals surface area contributed by atoms with Crippen molar-refractivity contribution in [2.75, 3.05) is 4.72 Å². The van der Waals surface area contributed by atoms with Crippen LogP contribution in [0, 0.1) is 0 Å². The minimum absolute atomic E-state index is 0.0599. The average molecular weight is 462 g/mol. The molecule has 5 aromatic rings. The fraction of sp³-hybridized carbons (Fsp3) is 0.0870. The Hall–Kier alpha value is -4.18. The van der Waals surface area contributed by atoms with Gasteiger partial charge in [0.25, 0.3) is 10.0 Å². The SMILES string of the molecule is Cn1c(=O)n(C)c2cc(S(=O)(=O)Nc3ccc(-c4nnc(-c5ccccc5)o4)cc3)ccc21. The summed E-state index contributed by atoms with van der Waals surface area (Å²) in [6.45, 7) is 0. The number of nitrogens with zero attached hydrogens (tertiary/aromatic N) is 4. The molecule has 0 spiro atoms. The number of rotatable bonds is 5. The quantitative estimate of drug-likeness (QED) is 0.429. The van der Waals surface area contributed by atoms with E-state index in [-0.39, 0.29) is 10.6 Å². The maximum Gasteiger partial charge on any atom is 0.328 e. The van der Waals surface area contributed by atoms with Crippen LogP contribution >= 0.6 is 0 Å². The Morgan fingerprint density at radius 1 is 0.788 bits per heavy atom. The Bertz CT molecular complexity index is 1630. The monoisotopic (exact) mass is 461 g/mol. The summed E-state index contributed by atoms with van der Waals surface area (Å²) in [4.78, 5) is 12.2. The second-order valence-corrected chi connectivity index (χ2v) is 9.19. The summed E-state index contributed by atoms with van der Waals surface area (Å²) < 4.78 is 37.0. The summed E-state index contributed by atoms with van der Waals surface area (Å²) in [5.74, 6) is 0.736. The van der Waals surface area contributed by atoms with Gasteiger partial charge in [-0.05, 0) is 54.6 Å². The van der Waals surface area contributed by atoms with Crippen molar-refractivity contribution in [1.29, 1.82) is 0 Å². The van der Waals surface area contributed by atoms with E-state index in [0.717, 1.165) is 5.56 Å². The lowest BCUT2D eigenvalue weighted by Gasteiger charge is -2.09. The van der Waals surface area contributed by atoms with E-state index in [1.807, 2.05) is 30.3 Å². The van der Waals surface area contributed by atoms with E-state index in [1.165, 1.54) is 21.3 Å². The second-order valence-electron chi connectivity index (χ2n) is 7.51. The van der Waals surface area contributed by atoms with Crippen molar-refractivity contribution >= 4 is 26.7 Å². The molecule has 0 aliphatic heterocycles. The molecule has 0 aliphatic carbocycles. The van der Waals surface area contributed by atoms with Gasteiger partial charge in [-0.15, -0.1) is 10.2 Å². The van der Waals surface area contributed by atoms with Crippen LogP contribution in [-0.2, 0) is 24.1 Å². The topological polar surface area (TPSA) is 112 Å². The molecule has 0 amide bonds. The molecule has 166 valence electrons. The number of aryl methyl sites for hydroxylation is 2. The predicted molar refractivity (Wildman–Crippen MR) is 124 cm³/mol. The molecular formula is C23H19N5O4S. The second kappa shape index (κ2) is 7.75. The molecule has 0 aliphatic rings. The first-order chi connectivity index (χ1) is 15.8. The van der Waals surface area contributed by atoms with Crippen LogP contribution in [-0.4, -0.2) is 27.7 Å². The van der Waals surface area contributed by atoms with E-state index in [1.54, 1.807) is 44.4 Å². The molecule has 3 aromatic carbocycles. The highest BCUT2D eigenvalue weighted by Gasteiger charge is 2.18. The first-order valence-corrected chi connectivity index (χ1v) is 11.5. The lowest BCUT2D eigenvalue weighted by molar-refractivity contribution is 0.584. The number of benzene rings is 3. The van der Waals surface area contributed by atoms with Gasteiger partial charge in [-0.1, -0.05) is 18.2 Å². The van der Waals surface area contributed by atoms with Crippen LogP contribution in [0.3, 0.4) is 0 Å². The van der Waals surface area contributed by atoms with Gasteiger partial charge in [0.1, 0.15) is 0 Å². The van der Waals surface area contributed by atoms with E-state index in [4.69, 9.17) is 4.42 Å². The van der Waals surface area contributed by atoms with Crippen LogP contribution < -0.4 is 10.4 Å². The van der Waals surface area contributed by atoms with Crippen molar-refractivity contribution in [3.8, 4) is 22.9 Å². The molecule has 0 bridgehead atoms. The number of sulfonamides is 1. The molecule has 2 heterocycles. The molecular weight excluding hydrogens is 442 g/mol. The highest BCUT2D eigenvalue weighted by atomic mass is 32.2. The Morgan fingerprint density at radius 3 is 2.06 bits per heavy atom. The fourth-order valence-corrected chi connectivity index (χ4v) is 4.66. The van der Waals surface area contributed by atoms with E-state index in [2.05, 4.69) is 14.9 Å². The van der Waals surface area contributed by atoms with Crippen molar-refractivity contribution in [1.82, 2.24) is 19.3 Å². The molecule has 10 heteroatoms. The molecule has 0 unspecified atom stereocenters. The Balaban J connectivity index is 1.39. The van der Waals surface area contributed by atoms with Gasteiger partial charge in [0, 0.05) is 30.9 Å². The van der Waals surface area contributed by atoms with Crippen LogP contribution in [0.4, 0.5) is 5.69 Å². The molecule has 0 saturated carbocycles. The van der Waals surface area contributed by atoms with Gasteiger partial charge in [-0.2, -0.15) is 0 Å². The normalized spacial score (nSPS) is 11.7. The highest BCUT2D eigenvalue weighted by molar-refractivity contribution is 7.92. The van der Waals surface area contributed by atoms with Crippen LogP contribution in [0.2, 0.25) is 0 Å². The molecule has 33 heavy (non-hydrogen) atoms. The van der Waals surface area contributed by atoms with Gasteiger partial charge in [0.15, 0.2) is 0 Å². The lowest BCUT2D eigenvalue weighted by Crippen LogP contribution is -2.19. The maximum atomic E-state index is 12.9. The standard InChI is InChI=1S/C23H19N5O4S/c1-27-19-13-12-18(14-20(19)28(2)23(27)29)33(30,31)26-17-10-8-16(9-11-17)22-25-24-21(32-22)15-6-4-3-5-7-15/h3-14,26H,1-2H3. The zero-order valence-electron chi connectivity index (χ0n) is 17.8. The van der Waals surface area contributed by atoms with Gasteiger partial charge in [-0.3, -0.25) is 13.9 Å². The minimum atomic E-state index is -3.86. The molecule has 0 saturated heterocycles. The van der Waals surface area contributed by atoms with E-state index >= 15 is 0 Å². The van der Waals surface area contributed by atoms with Crippen molar-refractivity contribution in [3.05, 3.63) is 83.3 Å². The third-order valence-corrected chi connectivity index (χ3v) is 6.76. The van der Waals surface area contributed by atoms with E-state index in [9.17, 15) is 13.2 Å². The predicted octanol–water partition coefficient (Wildman–Crippen LogP) is 3.39. The van der Waals surface area contributed by atoms with Gasteiger partial charge < -0.3 is 4.42 Å². The molecule has 0 radical (unpaired) electrons. The zero-order valence-corrected chi connectivity index (χ0v) is 18.6. The number of anilines is 1. The number of hydrogen-bond acceptors (Lipinski definition) is 6. The lowest BCUT2D eigenvalue weighted by atomic mass is 10.2. The summed E-state index contributed by atoms with van der Waals surface area (Å²) in [5, 5.41) is 8.15. The average Bonchev–Trinajstić information content (AvgIpc) is 3.40. The van der Waals surface area contributed by atoms with Crippen molar-refractivity contribution in [3.63, 3.8) is 0 Å². The first kappa shape index (κ1) is 20.7. The zero-order chi connectivity index (χ0) is 23.2. The van der Waals surface area contributed by atoms with Gasteiger partial charge in [0.2, 0.25) is 11.8 Å². The van der Waals surface area contributed by atoms with Crippen molar-refractivity contribution in [2.24, 2.45) is 14.1 Å². The van der Waals surface area contributed by atoms with Crippen LogP contribution in [0.25, 0.3) is 33.9 Å².